The van der Waals surface area contributed by atoms with Crippen molar-refractivity contribution in [3.05, 3.63) is 180 Å². The minimum Gasteiger partial charge on any atom is -0.297 e. The number of hydrogen-bond donors (Lipinski definition) is 0. The summed E-state index contributed by atoms with van der Waals surface area (Å²) in [6.45, 7) is 0. The summed E-state index contributed by atoms with van der Waals surface area (Å²) in [6, 6.07) is 42.0. The van der Waals surface area contributed by atoms with E-state index in [2.05, 4.69) is 110 Å². The molecule has 45 heavy (non-hydrogen) atoms. The van der Waals surface area contributed by atoms with E-state index in [4.69, 9.17) is 5.10 Å². The number of nitrogens with zero attached hydrogens (tertiary/aromatic N) is 5. The highest BCUT2D eigenvalue weighted by molar-refractivity contribution is 7.13. The summed E-state index contributed by atoms with van der Waals surface area (Å²) in [7, 11) is 0. The van der Waals surface area contributed by atoms with Gasteiger partial charge < -0.3 is 0 Å². The lowest BCUT2D eigenvalue weighted by molar-refractivity contribution is 0.461. The number of pyridine rings is 1. The summed E-state index contributed by atoms with van der Waals surface area (Å²) < 4.78 is 18.3. The SMILES string of the molecule is Fc1ccc(-c2nn(C(c3ccccc3)(c3ccccc3)c3ccccc3)cc2-c2ccc3ncc(-c4nccs4)n3c2)cc1. The fourth-order valence-electron chi connectivity index (χ4n) is 6.16. The molecule has 4 aromatic heterocycles. The van der Waals surface area contributed by atoms with Crippen LogP contribution in [0.25, 0.3) is 38.7 Å². The normalized spacial score (nSPS) is 11.7. The summed E-state index contributed by atoms with van der Waals surface area (Å²) in [5.74, 6) is -0.292. The molecule has 0 saturated carbocycles. The van der Waals surface area contributed by atoms with Crippen LogP contribution >= 0.6 is 11.3 Å². The molecule has 0 spiro atoms. The molecule has 0 aliphatic rings. The third kappa shape index (κ3) is 4.56. The lowest BCUT2D eigenvalue weighted by atomic mass is 9.77. The number of imidazole rings is 1. The molecule has 0 aliphatic heterocycles. The van der Waals surface area contributed by atoms with Crippen molar-refractivity contribution in [2.75, 3.05) is 0 Å². The largest absolute Gasteiger partial charge is 0.297 e. The summed E-state index contributed by atoms with van der Waals surface area (Å²) >= 11 is 1.57. The van der Waals surface area contributed by atoms with Gasteiger partial charge in [-0.1, -0.05) is 91.0 Å². The number of fused-ring (bicyclic) bond motifs is 1. The molecule has 0 radical (unpaired) electrons. The Morgan fingerprint density at radius 2 is 1.22 bits per heavy atom. The summed E-state index contributed by atoms with van der Waals surface area (Å²) in [4.78, 5) is 9.16. The van der Waals surface area contributed by atoms with Crippen molar-refractivity contribution in [2.24, 2.45) is 0 Å². The number of hydrogen-bond acceptors (Lipinski definition) is 4. The van der Waals surface area contributed by atoms with E-state index in [0.717, 1.165) is 55.4 Å². The van der Waals surface area contributed by atoms with Crippen LogP contribution in [0.1, 0.15) is 16.7 Å². The molecule has 216 valence electrons. The van der Waals surface area contributed by atoms with E-state index in [9.17, 15) is 4.39 Å². The van der Waals surface area contributed by atoms with Crippen LogP contribution in [0.15, 0.2) is 158 Å². The van der Waals surface area contributed by atoms with Gasteiger partial charge in [0.1, 0.15) is 33.4 Å². The molecule has 7 heteroatoms. The summed E-state index contributed by atoms with van der Waals surface area (Å²) in [5.41, 5.74) is 7.58. The number of rotatable bonds is 7. The molecule has 8 rings (SSSR count). The quantitative estimate of drug-likeness (QED) is 0.171. The van der Waals surface area contributed by atoms with E-state index in [1.54, 1.807) is 29.7 Å². The predicted molar refractivity (Wildman–Crippen MR) is 178 cm³/mol. The van der Waals surface area contributed by atoms with Gasteiger partial charge in [-0.2, -0.15) is 5.10 Å². The first-order chi connectivity index (χ1) is 22.2. The van der Waals surface area contributed by atoms with Crippen LogP contribution in [0, 0.1) is 5.82 Å². The molecule has 0 fully saturated rings. The van der Waals surface area contributed by atoms with Crippen molar-refractivity contribution in [1.29, 1.82) is 0 Å². The second-order valence-corrected chi connectivity index (χ2v) is 11.7. The standard InChI is InChI=1S/C38H26FN5S/c39-32-19-16-27(17-20-32)36-33(28-18-21-35-41-24-34(43(35)25-28)37-40-22-23-45-37)26-44(42-36)38(29-10-4-1-5-11-29,30-12-6-2-7-13-30)31-14-8-3-9-15-31/h1-26H. The zero-order chi connectivity index (χ0) is 30.2. The van der Waals surface area contributed by atoms with Crippen LogP contribution in [0.5, 0.6) is 0 Å². The fourth-order valence-corrected chi connectivity index (χ4v) is 6.81. The monoisotopic (exact) mass is 603 g/mol. The Morgan fingerprint density at radius 3 is 1.80 bits per heavy atom. The molecular weight excluding hydrogens is 578 g/mol. The van der Waals surface area contributed by atoms with E-state index in [1.165, 1.54) is 12.1 Å². The molecule has 0 amide bonds. The molecule has 4 aromatic carbocycles. The van der Waals surface area contributed by atoms with E-state index < -0.39 is 5.54 Å². The van der Waals surface area contributed by atoms with E-state index >= 15 is 0 Å². The Labute approximate surface area is 263 Å². The van der Waals surface area contributed by atoms with Crippen molar-refractivity contribution in [3.8, 4) is 33.1 Å². The highest BCUT2D eigenvalue weighted by Gasteiger charge is 2.40. The molecule has 5 nitrogen and oxygen atoms in total. The van der Waals surface area contributed by atoms with Gasteiger partial charge in [0.15, 0.2) is 0 Å². The van der Waals surface area contributed by atoms with Crippen LogP contribution in [-0.2, 0) is 5.54 Å². The maximum Gasteiger partial charge on any atom is 0.141 e. The Hall–Kier alpha value is -5.66. The van der Waals surface area contributed by atoms with E-state index in [1.807, 2.05) is 35.8 Å². The summed E-state index contributed by atoms with van der Waals surface area (Å²) in [6.07, 6.45) is 7.86. The molecule has 0 N–H and O–H groups in total. The third-order valence-electron chi connectivity index (χ3n) is 8.22. The van der Waals surface area contributed by atoms with Gasteiger partial charge in [0, 0.05) is 40.7 Å². The van der Waals surface area contributed by atoms with Crippen molar-refractivity contribution in [3.63, 3.8) is 0 Å². The van der Waals surface area contributed by atoms with E-state index in [-0.39, 0.29) is 5.82 Å². The lowest BCUT2D eigenvalue weighted by Crippen LogP contribution is -2.38. The van der Waals surface area contributed by atoms with Crippen molar-refractivity contribution < 1.29 is 4.39 Å². The first kappa shape index (κ1) is 26.9. The maximum absolute atomic E-state index is 14.2. The number of halogens is 1. The van der Waals surface area contributed by atoms with Gasteiger partial charge in [-0.05, 0) is 53.1 Å². The molecule has 0 aliphatic carbocycles. The number of thiazole rings is 1. The Morgan fingerprint density at radius 1 is 0.622 bits per heavy atom. The minimum absolute atomic E-state index is 0.292. The van der Waals surface area contributed by atoms with Gasteiger partial charge in [-0.3, -0.25) is 9.08 Å². The smallest absolute Gasteiger partial charge is 0.141 e. The van der Waals surface area contributed by atoms with E-state index in [0.29, 0.717) is 0 Å². The highest BCUT2D eigenvalue weighted by Crippen LogP contribution is 2.43. The molecule has 0 unspecified atom stereocenters. The van der Waals surface area contributed by atoms with Gasteiger partial charge in [0.25, 0.3) is 0 Å². The van der Waals surface area contributed by atoms with Crippen LogP contribution in [0.2, 0.25) is 0 Å². The minimum atomic E-state index is -0.804. The van der Waals surface area contributed by atoms with Gasteiger partial charge in [0.05, 0.1) is 6.20 Å². The number of aromatic nitrogens is 5. The average molecular weight is 604 g/mol. The fraction of sp³-hybridized carbons (Fsp3) is 0.0263. The Balaban J connectivity index is 1.44. The van der Waals surface area contributed by atoms with Crippen molar-refractivity contribution >= 4 is 17.0 Å². The topological polar surface area (TPSA) is 48.0 Å². The van der Waals surface area contributed by atoms with Crippen molar-refractivity contribution in [2.45, 2.75) is 5.54 Å². The maximum atomic E-state index is 14.2. The molecular formula is C38H26FN5S. The van der Waals surface area contributed by atoms with Crippen LogP contribution in [-0.4, -0.2) is 24.1 Å². The molecule has 8 aromatic rings. The van der Waals surface area contributed by atoms with Gasteiger partial charge in [0.2, 0.25) is 0 Å². The van der Waals surface area contributed by atoms with Crippen molar-refractivity contribution in [1.82, 2.24) is 24.1 Å². The van der Waals surface area contributed by atoms with Gasteiger partial charge in [-0.25, -0.2) is 14.4 Å². The van der Waals surface area contributed by atoms with Gasteiger partial charge in [-0.15, -0.1) is 11.3 Å². The lowest BCUT2D eigenvalue weighted by Gasteiger charge is -2.36. The Kier molecular flexibility index (Phi) is 6.65. The Bertz CT molecular complexity index is 2110. The third-order valence-corrected chi connectivity index (χ3v) is 9.01. The van der Waals surface area contributed by atoms with Crippen LogP contribution in [0.3, 0.4) is 0 Å². The molecule has 0 atom stereocenters. The second-order valence-electron chi connectivity index (χ2n) is 10.8. The highest BCUT2D eigenvalue weighted by atomic mass is 32.1. The van der Waals surface area contributed by atoms with Crippen LogP contribution in [0.4, 0.5) is 4.39 Å². The molecule has 0 bridgehead atoms. The van der Waals surface area contributed by atoms with Crippen LogP contribution < -0.4 is 0 Å². The first-order valence-electron chi connectivity index (χ1n) is 14.6. The van der Waals surface area contributed by atoms with Gasteiger partial charge >= 0.3 is 0 Å². The first-order valence-corrected chi connectivity index (χ1v) is 15.5. The zero-order valence-corrected chi connectivity index (χ0v) is 24.8. The second kappa shape index (κ2) is 11.1. The molecule has 0 saturated heterocycles. The molecule has 4 heterocycles. The zero-order valence-electron chi connectivity index (χ0n) is 24.0. The average Bonchev–Trinajstić information content (AvgIpc) is 3.88. The number of benzene rings is 4. The predicted octanol–water partition coefficient (Wildman–Crippen LogP) is 8.97. The summed E-state index contributed by atoms with van der Waals surface area (Å²) in [5, 5.41) is 8.24.